The number of aliphatic carboxylic acids is 1. The summed E-state index contributed by atoms with van der Waals surface area (Å²) in [5.41, 5.74) is 0. The summed E-state index contributed by atoms with van der Waals surface area (Å²) in [7, 11) is 0. The van der Waals surface area contributed by atoms with Gasteiger partial charge < -0.3 is 105 Å². The molecule has 316 valence electrons. The van der Waals surface area contributed by atoms with Gasteiger partial charge in [-0.15, -0.1) is 0 Å². The van der Waals surface area contributed by atoms with Crippen LogP contribution < -0.4 is 10.6 Å². The normalized spacial score (nSPS) is 45.0. The Labute approximate surface area is 311 Å². The van der Waals surface area contributed by atoms with E-state index < -0.39 is 166 Å². The molecule has 0 bridgehead atoms. The summed E-state index contributed by atoms with van der Waals surface area (Å²) in [4.78, 5) is 48.4. The molecule has 0 aromatic rings. The minimum atomic E-state index is -2.13. The average molecular weight is 805 g/mol. The third-order valence-electron chi connectivity index (χ3n) is 9.25. The van der Waals surface area contributed by atoms with Gasteiger partial charge in [0.05, 0.1) is 19.8 Å². The van der Waals surface area contributed by atoms with Crippen LogP contribution in [-0.4, -0.2) is 222 Å². The molecule has 2 amide bonds. The fourth-order valence-electron chi connectivity index (χ4n) is 6.64. The number of esters is 1. The minimum absolute atomic E-state index is 0.715. The van der Waals surface area contributed by atoms with Crippen molar-refractivity contribution in [1.82, 2.24) is 10.6 Å². The van der Waals surface area contributed by atoms with Crippen LogP contribution in [0.15, 0.2) is 0 Å². The van der Waals surface area contributed by atoms with E-state index in [1.54, 1.807) is 0 Å². The molecule has 25 nitrogen and oxygen atoms in total. The molecule has 0 spiro atoms. The SMILES string of the molecule is CC(=O)N[C@@H]1[C@@H](O[C@H]2O[C@H](CO)[C@H](O)[C@H](O[C@@H]3O[C@H](CO)[C@H](O[C@@H]4O[C@H](C(=O)O)[C@@H](O)[C@H](O)[C@H]4O)[C@H](OC(C)=O)[C@H]3NC(C)=O)[C@H]2O)[C@@H](O)[C@@H](CO)O[C@H]1O. The summed E-state index contributed by atoms with van der Waals surface area (Å²) in [5.74, 6) is -4.32. The maximum Gasteiger partial charge on any atom is 0.335 e. The van der Waals surface area contributed by atoms with Crippen molar-refractivity contribution in [2.24, 2.45) is 0 Å². The van der Waals surface area contributed by atoms with Crippen LogP contribution in [0.1, 0.15) is 20.8 Å². The van der Waals surface area contributed by atoms with E-state index in [0.717, 1.165) is 20.8 Å². The van der Waals surface area contributed by atoms with Gasteiger partial charge in [-0.25, -0.2) is 4.79 Å². The Morgan fingerprint density at radius 1 is 0.527 bits per heavy atom. The Kier molecular flexibility index (Phi) is 15.6. The number of amides is 2. The standard InChI is InChI=1S/C30H48N2O23/c1-7(36)31-13-22(15(39)10(4-33)49-27(13)47)53-30-20(44)24(16(40)11(5-34)50-30)54-28-14(32-8(2)37)23(48-9(3)38)21(12(6-35)51-28)52-29-19(43)17(41)18(42)25(55-29)26(45)46/h10-25,27-30,33-35,39-44,47H,4-6H2,1-3H3,(H,31,36)(H,32,37)(H,45,46)/t10-,11-,12-,13-,14-,15+,16+,17+,18+,19-,20-,21+,22-,23-,24+,25+,27-,28+,29-,30-/m1/s1. The van der Waals surface area contributed by atoms with Gasteiger partial charge in [-0.1, -0.05) is 0 Å². The van der Waals surface area contributed by atoms with E-state index in [1.807, 2.05) is 0 Å². The quantitative estimate of drug-likeness (QED) is 0.0769. The van der Waals surface area contributed by atoms with Gasteiger partial charge in [-0.05, 0) is 0 Å². The van der Waals surface area contributed by atoms with Crippen molar-refractivity contribution < 1.29 is 113 Å². The van der Waals surface area contributed by atoms with Gasteiger partial charge in [0.25, 0.3) is 0 Å². The van der Waals surface area contributed by atoms with Gasteiger partial charge in [0.2, 0.25) is 11.8 Å². The Balaban J connectivity index is 1.66. The van der Waals surface area contributed by atoms with Crippen molar-refractivity contribution >= 4 is 23.8 Å². The van der Waals surface area contributed by atoms with Crippen LogP contribution in [0.2, 0.25) is 0 Å². The number of carbonyl (C=O) groups is 4. The predicted molar refractivity (Wildman–Crippen MR) is 167 cm³/mol. The fraction of sp³-hybridized carbons (Fsp3) is 0.867. The van der Waals surface area contributed by atoms with Crippen molar-refractivity contribution in [3.8, 4) is 0 Å². The van der Waals surface area contributed by atoms with E-state index in [9.17, 15) is 75.3 Å². The predicted octanol–water partition coefficient (Wildman–Crippen LogP) is -8.80. The molecule has 4 saturated heterocycles. The Bertz CT molecular complexity index is 1330. The second-order valence-corrected chi connectivity index (χ2v) is 13.2. The van der Waals surface area contributed by atoms with Gasteiger partial charge in [0.15, 0.2) is 37.4 Å². The van der Waals surface area contributed by atoms with E-state index in [2.05, 4.69) is 10.6 Å². The highest BCUT2D eigenvalue weighted by molar-refractivity contribution is 5.74. The largest absolute Gasteiger partial charge is 0.479 e. The highest BCUT2D eigenvalue weighted by Crippen LogP contribution is 2.35. The highest BCUT2D eigenvalue weighted by atomic mass is 16.8. The lowest BCUT2D eigenvalue weighted by Gasteiger charge is -2.50. The first-order valence-corrected chi connectivity index (χ1v) is 17.0. The van der Waals surface area contributed by atoms with Gasteiger partial charge in [-0.3, -0.25) is 14.4 Å². The van der Waals surface area contributed by atoms with E-state index in [1.165, 1.54) is 0 Å². The number of hydrogen-bond donors (Lipinski definition) is 13. The monoisotopic (exact) mass is 804 g/mol. The Morgan fingerprint density at radius 2 is 1.02 bits per heavy atom. The summed E-state index contributed by atoms with van der Waals surface area (Å²) in [6, 6.07) is -3.22. The van der Waals surface area contributed by atoms with Crippen LogP contribution in [0.25, 0.3) is 0 Å². The zero-order chi connectivity index (χ0) is 41.0. The molecule has 20 atom stereocenters. The molecule has 0 unspecified atom stereocenters. The second kappa shape index (κ2) is 19.1. The maximum atomic E-state index is 12.5. The molecule has 25 heteroatoms. The first-order valence-electron chi connectivity index (χ1n) is 17.0. The first kappa shape index (κ1) is 44.9. The molecule has 4 aliphatic heterocycles. The average Bonchev–Trinajstić information content (AvgIpc) is 3.11. The number of carboxylic acid groups (broad SMARTS) is 1. The van der Waals surface area contributed by atoms with E-state index >= 15 is 0 Å². The van der Waals surface area contributed by atoms with Crippen LogP contribution >= 0.6 is 0 Å². The molecule has 0 aromatic heterocycles. The molecule has 4 heterocycles. The molecule has 4 rings (SSSR count). The minimum Gasteiger partial charge on any atom is -0.479 e. The Hall–Kier alpha value is -2.80. The Morgan fingerprint density at radius 3 is 1.56 bits per heavy atom. The van der Waals surface area contributed by atoms with Crippen molar-refractivity contribution in [2.45, 2.75) is 143 Å². The van der Waals surface area contributed by atoms with Gasteiger partial charge in [0.1, 0.15) is 85.3 Å². The summed E-state index contributed by atoms with van der Waals surface area (Å²) in [6.45, 7) is 0.221. The van der Waals surface area contributed by atoms with Crippen molar-refractivity contribution in [3.63, 3.8) is 0 Å². The molecular weight excluding hydrogens is 756 g/mol. The maximum absolute atomic E-state index is 12.5. The molecule has 4 aliphatic rings. The van der Waals surface area contributed by atoms with Crippen LogP contribution in [0.5, 0.6) is 0 Å². The zero-order valence-corrected chi connectivity index (χ0v) is 29.5. The van der Waals surface area contributed by atoms with Gasteiger partial charge in [-0.2, -0.15) is 0 Å². The van der Waals surface area contributed by atoms with Crippen LogP contribution in [0.4, 0.5) is 0 Å². The molecule has 0 aromatic carbocycles. The first-order chi connectivity index (χ1) is 25.8. The topological polar surface area (TPSA) is 389 Å². The number of carbonyl (C=O) groups excluding carboxylic acids is 3. The number of carboxylic acids is 1. The molecule has 55 heavy (non-hydrogen) atoms. The summed E-state index contributed by atoms with van der Waals surface area (Å²) >= 11 is 0. The lowest BCUT2D eigenvalue weighted by Crippen LogP contribution is -2.70. The summed E-state index contributed by atoms with van der Waals surface area (Å²) in [6.07, 6.45) is -34.1. The van der Waals surface area contributed by atoms with Gasteiger partial charge in [0, 0.05) is 20.8 Å². The van der Waals surface area contributed by atoms with E-state index in [4.69, 9.17) is 37.9 Å². The van der Waals surface area contributed by atoms with Gasteiger partial charge >= 0.3 is 11.9 Å². The molecule has 0 radical (unpaired) electrons. The smallest absolute Gasteiger partial charge is 0.335 e. The molecule has 0 saturated carbocycles. The van der Waals surface area contributed by atoms with Crippen LogP contribution in [-0.2, 0) is 57.1 Å². The second-order valence-electron chi connectivity index (χ2n) is 13.2. The summed E-state index contributed by atoms with van der Waals surface area (Å²) in [5, 5.41) is 119. The number of ether oxygens (including phenoxy) is 8. The summed E-state index contributed by atoms with van der Waals surface area (Å²) < 4.78 is 44.6. The van der Waals surface area contributed by atoms with E-state index in [0.29, 0.717) is 0 Å². The third-order valence-corrected chi connectivity index (χ3v) is 9.25. The van der Waals surface area contributed by atoms with Crippen LogP contribution in [0.3, 0.4) is 0 Å². The molecule has 0 aliphatic carbocycles. The fourth-order valence-corrected chi connectivity index (χ4v) is 6.64. The number of nitrogens with one attached hydrogen (secondary N) is 2. The molecular formula is C30H48N2O23. The van der Waals surface area contributed by atoms with Crippen molar-refractivity contribution in [3.05, 3.63) is 0 Å². The van der Waals surface area contributed by atoms with Crippen LogP contribution in [0, 0.1) is 0 Å². The van der Waals surface area contributed by atoms with Crippen molar-refractivity contribution in [2.75, 3.05) is 19.8 Å². The van der Waals surface area contributed by atoms with E-state index in [-0.39, 0.29) is 0 Å². The highest BCUT2D eigenvalue weighted by Gasteiger charge is 2.57. The lowest BCUT2D eigenvalue weighted by atomic mass is 9.94. The number of aliphatic hydroxyl groups is 10. The number of rotatable bonds is 13. The number of aliphatic hydroxyl groups excluding tert-OH is 10. The molecule has 4 fully saturated rings. The zero-order valence-electron chi connectivity index (χ0n) is 29.5. The number of hydrogen-bond acceptors (Lipinski definition) is 22. The van der Waals surface area contributed by atoms with Crippen molar-refractivity contribution in [1.29, 1.82) is 0 Å². The lowest BCUT2D eigenvalue weighted by molar-refractivity contribution is -0.374. The molecule has 13 N–H and O–H groups in total. The third kappa shape index (κ3) is 10.0.